The molecule has 1 aromatic carbocycles. The Labute approximate surface area is 181 Å². The first-order valence-electron chi connectivity index (χ1n) is 10.0. The highest BCUT2D eigenvalue weighted by atomic mass is 35.5. The van der Waals surface area contributed by atoms with Crippen LogP contribution in [-0.4, -0.2) is 53.6 Å². The number of nitrogens with zero attached hydrogens (tertiary/aromatic N) is 5. The monoisotopic (exact) mass is 430 g/mol. The van der Waals surface area contributed by atoms with E-state index in [4.69, 9.17) is 28.5 Å². The summed E-state index contributed by atoms with van der Waals surface area (Å²) in [4.78, 5) is 13.2. The van der Waals surface area contributed by atoms with Gasteiger partial charge in [0.15, 0.2) is 0 Å². The lowest BCUT2D eigenvalue weighted by Crippen LogP contribution is -2.47. The Bertz CT molecular complexity index is 868. The molecule has 1 aliphatic heterocycles. The van der Waals surface area contributed by atoms with Crippen LogP contribution in [0.3, 0.4) is 0 Å². The number of anilines is 2. The third-order valence-electron chi connectivity index (χ3n) is 5.85. The predicted octanol–water partition coefficient (Wildman–Crippen LogP) is 4.06. The normalized spacial score (nSPS) is 22.0. The van der Waals surface area contributed by atoms with Crippen molar-refractivity contribution in [3.05, 3.63) is 46.2 Å². The zero-order valence-corrected chi connectivity index (χ0v) is 17.7. The molecule has 2 aromatic rings. The number of rotatable bonds is 6. The van der Waals surface area contributed by atoms with E-state index in [9.17, 15) is 0 Å². The van der Waals surface area contributed by atoms with Crippen LogP contribution in [-0.2, 0) is 0 Å². The second-order valence-corrected chi connectivity index (χ2v) is 8.56. The van der Waals surface area contributed by atoms with E-state index in [1.54, 1.807) is 12.4 Å². The third-order valence-corrected chi connectivity index (χ3v) is 6.66. The fourth-order valence-electron chi connectivity index (χ4n) is 4.05. The van der Waals surface area contributed by atoms with Crippen molar-refractivity contribution in [2.45, 2.75) is 25.3 Å². The van der Waals surface area contributed by atoms with Gasteiger partial charge in [-0.3, -0.25) is 4.90 Å². The average molecular weight is 431 g/mol. The van der Waals surface area contributed by atoms with Gasteiger partial charge in [-0.15, -0.1) is 0 Å². The number of aromatic nitrogens is 2. The van der Waals surface area contributed by atoms with Gasteiger partial charge in [0.1, 0.15) is 6.07 Å². The first kappa shape index (κ1) is 20.2. The lowest BCUT2D eigenvalue weighted by molar-refractivity contribution is 0.195. The zero-order valence-electron chi connectivity index (χ0n) is 16.2. The van der Waals surface area contributed by atoms with Crippen LogP contribution >= 0.6 is 23.2 Å². The van der Waals surface area contributed by atoms with Crippen molar-refractivity contribution >= 4 is 34.8 Å². The molecule has 1 N–H and O–H groups in total. The molecule has 152 valence electrons. The van der Waals surface area contributed by atoms with Gasteiger partial charge in [-0.05, 0) is 43.9 Å². The molecule has 2 heterocycles. The van der Waals surface area contributed by atoms with Crippen molar-refractivity contribution in [1.82, 2.24) is 14.9 Å². The van der Waals surface area contributed by atoms with Gasteiger partial charge >= 0.3 is 0 Å². The quantitative estimate of drug-likeness (QED) is 0.744. The molecule has 0 unspecified atom stereocenters. The molecule has 1 saturated heterocycles. The van der Waals surface area contributed by atoms with Crippen molar-refractivity contribution in [1.29, 1.82) is 5.26 Å². The van der Waals surface area contributed by atoms with Gasteiger partial charge in [-0.2, -0.15) is 5.26 Å². The third kappa shape index (κ3) is 4.92. The Morgan fingerprint density at radius 1 is 1.10 bits per heavy atom. The fourth-order valence-corrected chi connectivity index (χ4v) is 4.46. The maximum absolute atomic E-state index is 8.80. The number of hydrogen-bond donors (Lipinski definition) is 1. The molecule has 1 aromatic heterocycles. The molecule has 0 spiro atoms. The number of halogens is 2. The zero-order chi connectivity index (χ0) is 20.2. The predicted molar refractivity (Wildman–Crippen MR) is 117 cm³/mol. The van der Waals surface area contributed by atoms with Crippen molar-refractivity contribution in [2.75, 3.05) is 42.9 Å². The van der Waals surface area contributed by atoms with Crippen LogP contribution in [0, 0.1) is 17.2 Å². The number of piperazine rings is 1. The maximum atomic E-state index is 8.80. The summed E-state index contributed by atoms with van der Waals surface area (Å²) in [6.07, 6.45) is 6.65. The molecular formula is C21H24Cl2N6. The Hall–Kier alpha value is -2.07. The highest BCUT2D eigenvalue weighted by molar-refractivity contribution is 6.43. The Kier molecular flexibility index (Phi) is 6.39. The topological polar surface area (TPSA) is 68.1 Å². The van der Waals surface area contributed by atoms with Gasteiger partial charge < -0.3 is 10.2 Å². The molecule has 4 rings (SSSR count). The van der Waals surface area contributed by atoms with E-state index in [2.05, 4.69) is 25.1 Å². The van der Waals surface area contributed by atoms with Crippen LogP contribution in [0.25, 0.3) is 0 Å². The van der Waals surface area contributed by atoms with Crippen molar-refractivity contribution in [3.63, 3.8) is 0 Å². The van der Waals surface area contributed by atoms with E-state index in [0.717, 1.165) is 57.2 Å². The van der Waals surface area contributed by atoms with Crippen LogP contribution in [0.4, 0.5) is 11.6 Å². The molecule has 0 bridgehead atoms. The van der Waals surface area contributed by atoms with Gasteiger partial charge in [0, 0.05) is 32.2 Å². The fraction of sp³-hybridized carbons (Fsp3) is 0.476. The molecule has 8 heteroatoms. The molecule has 6 nitrogen and oxygen atoms in total. The minimum atomic E-state index is 0.440. The summed E-state index contributed by atoms with van der Waals surface area (Å²) in [6.45, 7) is 5.20. The van der Waals surface area contributed by atoms with Crippen LogP contribution in [0.15, 0.2) is 30.6 Å². The summed E-state index contributed by atoms with van der Waals surface area (Å²) in [5, 5.41) is 13.4. The molecule has 2 fully saturated rings. The second kappa shape index (κ2) is 9.17. The molecule has 0 atom stereocenters. The SMILES string of the molecule is N#Cc1cnc(NC2CC(CCN3CCN(c4cccc(Cl)c4Cl)CC3)C2)nc1. The molecule has 2 aliphatic rings. The molecule has 29 heavy (non-hydrogen) atoms. The molecule has 0 amide bonds. The van der Waals surface area contributed by atoms with Gasteiger partial charge in [-0.25, -0.2) is 9.97 Å². The standard InChI is InChI=1S/C21H24Cl2N6/c22-18-2-1-3-19(20(18)23)29-8-6-28(7-9-29)5-4-15-10-17(11-15)27-21-25-13-16(12-24)14-26-21/h1-3,13-15,17H,4-11H2,(H,25,26,27). The lowest BCUT2D eigenvalue weighted by Gasteiger charge is -2.39. The van der Waals surface area contributed by atoms with Gasteiger partial charge in [-0.1, -0.05) is 29.3 Å². The number of nitrogens with one attached hydrogen (secondary N) is 1. The average Bonchev–Trinajstić information content (AvgIpc) is 2.72. The maximum Gasteiger partial charge on any atom is 0.222 e. The summed E-state index contributed by atoms with van der Waals surface area (Å²) in [5.74, 6) is 1.37. The summed E-state index contributed by atoms with van der Waals surface area (Å²) in [7, 11) is 0. The Balaban J connectivity index is 1.15. The lowest BCUT2D eigenvalue weighted by atomic mass is 9.78. The van der Waals surface area contributed by atoms with Crippen LogP contribution < -0.4 is 10.2 Å². The van der Waals surface area contributed by atoms with Crippen LogP contribution in [0.2, 0.25) is 10.0 Å². The van der Waals surface area contributed by atoms with Crippen molar-refractivity contribution in [3.8, 4) is 6.07 Å². The highest BCUT2D eigenvalue weighted by Gasteiger charge is 2.30. The van der Waals surface area contributed by atoms with Gasteiger partial charge in [0.05, 0.1) is 33.7 Å². The molecule has 0 radical (unpaired) electrons. The van der Waals surface area contributed by atoms with Crippen molar-refractivity contribution in [2.24, 2.45) is 5.92 Å². The number of nitriles is 1. The smallest absolute Gasteiger partial charge is 0.222 e. The first-order chi connectivity index (χ1) is 14.1. The van der Waals surface area contributed by atoms with E-state index < -0.39 is 0 Å². The van der Waals surface area contributed by atoms with E-state index in [1.165, 1.54) is 6.42 Å². The van der Waals surface area contributed by atoms with Crippen molar-refractivity contribution < 1.29 is 0 Å². The number of benzene rings is 1. The van der Waals surface area contributed by atoms with Crippen LogP contribution in [0.5, 0.6) is 0 Å². The summed E-state index contributed by atoms with van der Waals surface area (Å²) in [5.41, 5.74) is 1.52. The molecule has 1 saturated carbocycles. The largest absolute Gasteiger partial charge is 0.368 e. The highest BCUT2D eigenvalue weighted by Crippen LogP contribution is 2.34. The van der Waals surface area contributed by atoms with E-state index >= 15 is 0 Å². The minimum Gasteiger partial charge on any atom is -0.368 e. The second-order valence-electron chi connectivity index (χ2n) is 7.78. The minimum absolute atomic E-state index is 0.440. The summed E-state index contributed by atoms with van der Waals surface area (Å²) < 4.78 is 0. The van der Waals surface area contributed by atoms with Crippen LogP contribution in [0.1, 0.15) is 24.8 Å². The van der Waals surface area contributed by atoms with Gasteiger partial charge in [0.25, 0.3) is 0 Å². The first-order valence-corrected chi connectivity index (χ1v) is 10.8. The molecule has 1 aliphatic carbocycles. The Morgan fingerprint density at radius 3 is 2.52 bits per heavy atom. The molecular weight excluding hydrogens is 407 g/mol. The van der Waals surface area contributed by atoms with Gasteiger partial charge in [0.2, 0.25) is 5.95 Å². The summed E-state index contributed by atoms with van der Waals surface area (Å²) >= 11 is 12.5. The Morgan fingerprint density at radius 2 is 1.83 bits per heavy atom. The summed E-state index contributed by atoms with van der Waals surface area (Å²) in [6, 6.07) is 8.31. The number of hydrogen-bond acceptors (Lipinski definition) is 6. The van der Waals surface area contributed by atoms with E-state index in [0.29, 0.717) is 27.6 Å². The van der Waals surface area contributed by atoms with E-state index in [1.807, 2.05) is 24.3 Å². The van der Waals surface area contributed by atoms with E-state index in [-0.39, 0.29) is 0 Å².